The van der Waals surface area contributed by atoms with Gasteiger partial charge >= 0.3 is 0 Å². The lowest BCUT2D eigenvalue weighted by molar-refractivity contribution is 0.357. The second kappa shape index (κ2) is 8.14. The zero-order valence-electron chi connectivity index (χ0n) is 12.3. The van der Waals surface area contributed by atoms with E-state index in [4.69, 9.17) is 23.2 Å². The van der Waals surface area contributed by atoms with Crippen LogP contribution in [0.1, 0.15) is 33.3 Å². The molecule has 1 aromatic rings. The fourth-order valence-electron chi connectivity index (χ4n) is 2.04. The van der Waals surface area contributed by atoms with Crippen molar-refractivity contribution < 1.29 is 0 Å². The van der Waals surface area contributed by atoms with Gasteiger partial charge in [0.2, 0.25) is 0 Å². The molecule has 3 heteroatoms. The third-order valence-electron chi connectivity index (χ3n) is 3.55. The summed E-state index contributed by atoms with van der Waals surface area (Å²) >= 11 is 12.1. The molecule has 108 valence electrons. The molecule has 2 atom stereocenters. The summed E-state index contributed by atoms with van der Waals surface area (Å²) in [6.45, 7) is 11.2. The highest BCUT2D eigenvalue weighted by Crippen LogP contribution is 2.25. The van der Waals surface area contributed by atoms with Gasteiger partial charge in [0.15, 0.2) is 0 Å². The number of hydrogen-bond acceptors (Lipinski definition) is 1. The molecule has 1 aromatic carbocycles. The lowest BCUT2D eigenvalue weighted by Crippen LogP contribution is -2.28. The molecule has 0 saturated heterocycles. The van der Waals surface area contributed by atoms with Crippen molar-refractivity contribution in [3.8, 4) is 0 Å². The van der Waals surface area contributed by atoms with E-state index in [-0.39, 0.29) is 0 Å². The minimum Gasteiger partial charge on any atom is -0.316 e. The van der Waals surface area contributed by atoms with Gasteiger partial charge in [0.1, 0.15) is 0 Å². The Balaban J connectivity index is 2.47. The van der Waals surface area contributed by atoms with Gasteiger partial charge in [-0.1, -0.05) is 57.0 Å². The van der Waals surface area contributed by atoms with E-state index in [2.05, 4.69) is 33.0 Å². The molecule has 0 spiro atoms. The van der Waals surface area contributed by atoms with Crippen molar-refractivity contribution in [2.75, 3.05) is 13.1 Å². The van der Waals surface area contributed by atoms with Gasteiger partial charge in [-0.25, -0.2) is 0 Å². The standard InChI is InChI=1S/C16H25Cl2N/c1-11(2)9-19-10-13(4)12(3)7-14-5-6-15(17)8-16(14)18/h5-6,8,11-13,19H,7,9-10H2,1-4H3. The predicted molar refractivity (Wildman–Crippen MR) is 86.2 cm³/mol. The van der Waals surface area contributed by atoms with Crippen LogP contribution in [0.25, 0.3) is 0 Å². The first-order valence-electron chi connectivity index (χ1n) is 7.04. The third kappa shape index (κ3) is 6.16. The Kier molecular flexibility index (Phi) is 7.20. The van der Waals surface area contributed by atoms with Gasteiger partial charge in [0, 0.05) is 10.0 Å². The maximum Gasteiger partial charge on any atom is 0.0452 e. The number of benzene rings is 1. The fraction of sp³-hybridized carbons (Fsp3) is 0.625. The van der Waals surface area contributed by atoms with E-state index >= 15 is 0 Å². The Labute approximate surface area is 127 Å². The molecular formula is C16H25Cl2N. The minimum atomic E-state index is 0.596. The summed E-state index contributed by atoms with van der Waals surface area (Å²) in [6, 6.07) is 5.78. The summed E-state index contributed by atoms with van der Waals surface area (Å²) in [5, 5.41) is 5.00. The molecule has 0 aliphatic carbocycles. The first-order chi connectivity index (χ1) is 8.90. The van der Waals surface area contributed by atoms with Crippen molar-refractivity contribution in [3.05, 3.63) is 33.8 Å². The third-order valence-corrected chi connectivity index (χ3v) is 4.13. The summed E-state index contributed by atoms with van der Waals surface area (Å²) in [4.78, 5) is 0. The molecule has 0 bridgehead atoms. The lowest BCUT2D eigenvalue weighted by Gasteiger charge is -2.21. The lowest BCUT2D eigenvalue weighted by atomic mass is 9.89. The van der Waals surface area contributed by atoms with Crippen LogP contribution in [0.4, 0.5) is 0 Å². The Morgan fingerprint density at radius 1 is 1.00 bits per heavy atom. The SMILES string of the molecule is CC(C)CNCC(C)C(C)Cc1ccc(Cl)cc1Cl. The smallest absolute Gasteiger partial charge is 0.0452 e. The molecule has 19 heavy (non-hydrogen) atoms. The highest BCUT2D eigenvalue weighted by Gasteiger charge is 2.14. The van der Waals surface area contributed by atoms with E-state index in [0.29, 0.717) is 22.8 Å². The molecule has 1 rings (SSSR count). The summed E-state index contributed by atoms with van der Waals surface area (Å²) in [6.07, 6.45) is 1.00. The average Bonchev–Trinajstić information content (AvgIpc) is 2.32. The topological polar surface area (TPSA) is 12.0 Å². The highest BCUT2D eigenvalue weighted by atomic mass is 35.5. The van der Waals surface area contributed by atoms with E-state index in [1.54, 1.807) is 0 Å². The molecule has 2 unspecified atom stereocenters. The molecule has 0 aromatic heterocycles. The van der Waals surface area contributed by atoms with Gasteiger partial charge in [-0.05, 0) is 55.0 Å². The quantitative estimate of drug-likeness (QED) is 0.743. The van der Waals surface area contributed by atoms with E-state index < -0.39 is 0 Å². The van der Waals surface area contributed by atoms with Crippen molar-refractivity contribution in [1.29, 1.82) is 0 Å². The molecule has 0 saturated carbocycles. The Hall–Kier alpha value is -0.240. The fourth-order valence-corrected chi connectivity index (χ4v) is 2.52. The predicted octanol–water partition coefficient (Wildman–Crippen LogP) is 5.05. The number of rotatable bonds is 7. The minimum absolute atomic E-state index is 0.596. The monoisotopic (exact) mass is 301 g/mol. The second-order valence-corrected chi connectivity index (χ2v) is 6.79. The zero-order valence-corrected chi connectivity index (χ0v) is 13.9. The molecule has 0 aliphatic rings. The van der Waals surface area contributed by atoms with E-state index in [1.807, 2.05) is 18.2 Å². The van der Waals surface area contributed by atoms with Gasteiger partial charge in [-0.2, -0.15) is 0 Å². The Bertz CT molecular complexity index is 390. The van der Waals surface area contributed by atoms with E-state index in [9.17, 15) is 0 Å². The van der Waals surface area contributed by atoms with Crippen molar-refractivity contribution >= 4 is 23.2 Å². The zero-order chi connectivity index (χ0) is 14.4. The first kappa shape index (κ1) is 16.8. The van der Waals surface area contributed by atoms with Gasteiger partial charge in [0.25, 0.3) is 0 Å². The summed E-state index contributed by atoms with van der Waals surface area (Å²) in [5.74, 6) is 1.93. The molecule has 1 N–H and O–H groups in total. The van der Waals surface area contributed by atoms with Gasteiger partial charge in [-0.15, -0.1) is 0 Å². The van der Waals surface area contributed by atoms with Crippen LogP contribution in [-0.4, -0.2) is 13.1 Å². The molecule has 0 amide bonds. The van der Waals surface area contributed by atoms with Crippen molar-refractivity contribution in [1.82, 2.24) is 5.32 Å². The van der Waals surface area contributed by atoms with Crippen LogP contribution >= 0.6 is 23.2 Å². The average molecular weight is 302 g/mol. The second-order valence-electron chi connectivity index (χ2n) is 5.95. The molecular weight excluding hydrogens is 277 g/mol. The Morgan fingerprint density at radius 2 is 1.68 bits per heavy atom. The number of hydrogen-bond donors (Lipinski definition) is 1. The largest absolute Gasteiger partial charge is 0.316 e. The van der Waals surface area contributed by atoms with Crippen LogP contribution in [0.3, 0.4) is 0 Å². The number of halogens is 2. The van der Waals surface area contributed by atoms with Crippen molar-refractivity contribution in [2.24, 2.45) is 17.8 Å². The molecule has 0 radical (unpaired) electrons. The summed E-state index contributed by atoms with van der Waals surface area (Å²) < 4.78 is 0. The summed E-state index contributed by atoms with van der Waals surface area (Å²) in [7, 11) is 0. The number of nitrogens with one attached hydrogen (secondary N) is 1. The van der Waals surface area contributed by atoms with Gasteiger partial charge in [0.05, 0.1) is 0 Å². The summed E-state index contributed by atoms with van der Waals surface area (Å²) in [5.41, 5.74) is 1.19. The molecule has 1 nitrogen and oxygen atoms in total. The van der Waals surface area contributed by atoms with Crippen molar-refractivity contribution in [2.45, 2.75) is 34.1 Å². The molecule has 0 heterocycles. The maximum absolute atomic E-state index is 6.22. The van der Waals surface area contributed by atoms with Crippen LogP contribution in [0.2, 0.25) is 10.0 Å². The van der Waals surface area contributed by atoms with Crippen LogP contribution < -0.4 is 5.32 Å². The van der Waals surface area contributed by atoms with E-state index in [1.165, 1.54) is 5.56 Å². The highest BCUT2D eigenvalue weighted by molar-refractivity contribution is 6.35. The molecule has 0 aliphatic heterocycles. The van der Waals surface area contributed by atoms with E-state index in [0.717, 1.165) is 24.5 Å². The van der Waals surface area contributed by atoms with Crippen LogP contribution in [-0.2, 0) is 6.42 Å². The van der Waals surface area contributed by atoms with Gasteiger partial charge < -0.3 is 5.32 Å². The normalized spacial score (nSPS) is 14.7. The van der Waals surface area contributed by atoms with Crippen LogP contribution in [0, 0.1) is 17.8 Å². The van der Waals surface area contributed by atoms with Crippen LogP contribution in [0.5, 0.6) is 0 Å². The van der Waals surface area contributed by atoms with Crippen LogP contribution in [0.15, 0.2) is 18.2 Å². The van der Waals surface area contributed by atoms with Crippen molar-refractivity contribution in [3.63, 3.8) is 0 Å². The Morgan fingerprint density at radius 3 is 2.26 bits per heavy atom. The van der Waals surface area contributed by atoms with Gasteiger partial charge in [-0.3, -0.25) is 0 Å². The first-order valence-corrected chi connectivity index (χ1v) is 7.80. The molecule has 0 fully saturated rings. The maximum atomic E-state index is 6.22.